The highest BCUT2D eigenvalue weighted by Gasteiger charge is 2.37. The predicted molar refractivity (Wildman–Crippen MR) is 30.5 cm³/mol. The van der Waals surface area contributed by atoms with Gasteiger partial charge in [0.15, 0.2) is 0 Å². The Bertz CT molecular complexity index is 103. The van der Waals surface area contributed by atoms with Crippen LogP contribution in [0.2, 0.25) is 0 Å². The highest BCUT2D eigenvalue weighted by Crippen LogP contribution is 2.30. The molecule has 2 bridgehead atoms. The van der Waals surface area contributed by atoms with Crippen molar-refractivity contribution in [1.29, 1.82) is 0 Å². The zero-order chi connectivity index (χ0) is 5.56. The van der Waals surface area contributed by atoms with Crippen molar-refractivity contribution in [2.45, 2.75) is 25.0 Å². The molecule has 2 nitrogen and oxygen atoms in total. The van der Waals surface area contributed by atoms with Crippen LogP contribution < -0.4 is 5.32 Å². The van der Waals surface area contributed by atoms with E-state index in [0.29, 0.717) is 6.04 Å². The summed E-state index contributed by atoms with van der Waals surface area (Å²) in [5, 5.41) is 12.4. The van der Waals surface area contributed by atoms with Gasteiger partial charge in [0.2, 0.25) is 0 Å². The van der Waals surface area contributed by atoms with Gasteiger partial charge in [0.05, 0.1) is 6.10 Å². The molecule has 0 aromatic rings. The first-order valence-corrected chi connectivity index (χ1v) is 3.28. The molecule has 0 spiro atoms. The van der Waals surface area contributed by atoms with Crippen molar-refractivity contribution >= 4 is 0 Å². The normalized spacial score (nSPS) is 52.9. The average molecular weight is 113 g/mol. The summed E-state index contributed by atoms with van der Waals surface area (Å²) in [5.74, 6) is 0.787. The third-order valence-electron chi connectivity index (χ3n) is 2.30. The lowest BCUT2D eigenvalue weighted by Gasteiger charge is -2.16. The molecule has 2 rings (SSSR count). The van der Waals surface area contributed by atoms with Crippen molar-refractivity contribution in [2.75, 3.05) is 6.54 Å². The highest BCUT2D eigenvalue weighted by atomic mass is 16.3. The summed E-state index contributed by atoms with van der Waals surface area (Å²) in [4.78, 5) is 0. The largest absolute Gasteiger partial charge is 0.391 e. The van der Waals surface area contributed by atoms with Gasteiger partial charge in [0, 0.05) is 6.04 Å². The highest BCUT2D eigenvalue weighted by molar-refractivity contribution is 4.95. The van der Waals surface area contributed by atoms with Crippen LogP contribution in [0.1, 0.15) is 12.8 Å². The first-order valence-electron chi connectivity index (χ1n) is 3.28. The Morgan fingerprint density at radius 3 is 2.50 bits per heavy atom. The van der Waals surface area contributed by atoms with Crippen molar-refractivity contribution in [3.63, 3.8) is 0 Å². The monoisotopic (exact) mass is 113 g/mol. The third-order valence-corrected chi connectivity index (χ3v) is 2.30. The Morgan fingerprint density at radius 2 is 2.25 bits per heavy atom. The molecular weight excluding hydrogens is 102 g/mol. The van der Waals surface area contributed by atoms with Gasteiger partial charge in [-0.25, -0.2) is 0 Å². The standard InChI is InChI=1S/C6H11NO/c8-6-2-4-1-5(6)7-3-4/h4-8H,1-3H2/t4?,5?,6-/m0/s1. The molecule has 2 heteroatoms. The average Bonchev–Trinajstić information content (AvgIpc) is 2.23. The van der Waals surface area contributed by atoms with Crippen LogP contribution in [-0.2, 0) is 0 Å². The Balaban J connectivity index is 2.11. The second-order valence-electron chi connectivity index (χ2n) is 2.92. The summed E-state index contributed by atoms with van der Waals surface area (Å²) >= 11 is 0. The van der Waals surface area contributed by atoms with E-state index in [2.05, 4.69) is 5.32 Å². The van der Waals surface area contributed by atoms with Crippen molar-refractivity contribution in [1.82, 2.24) is 5.32 Å². The molecular formula is C6H11NO. The van der Waals surface area contributed by atoms with Gasteiger partial charge in [-0.1, -0.05) is 0 Å². The lowest BCUT2D eigenvalue weighted by Crippen LogP contribution is -2.36. The Hall–Kier alpha value is -0.0800. The lowest BCUT2D eigenvalue weighted by atomic mass is 10.1. The molecule has 0 amide bonds. The van der Waals surface area contributed by atoms with Gasteiger partial charge in [-0.05, 0) is 25.3 Å². The SMILES string of the molecule is O[C@H]1CC2CNC1C2. The molecule has 1 saturated heterocycles. The van der Waals surface area contributed by atoms with Gasteiger partial charge in [0.1, 0.15) is 0 Å². The van der Waals surface area contributed by atoms with Crippen LogP contribution in [0.5, 0.6) is 0 Å². The summed E-state index contributed by atoms with van der Waals surface area (Å²) in [5.41, 5.74) is 0. The van der Waals surface area contributed by atoms with Gasteiger partial charge in [0.25, 0.3) is 0 Å². The zero-order valence-electron chi connectivity index (χ0n) is 4.80. The molecule has 46 valence electrons. The summed E-state index contributed by atoms with van der Waals surface area (Å²) in [6.07, 6.45) is 2.22. The molecule has 1 aliphatic carbocycles. The van der Waals surface area contributed by atoms with E-state index in [1.807, 2.05) is 0 Å². The van der Waals surface area contributed by atoms with Crippen LogP contribution in [0, 0.1) is 5.92 Å². The topological polar surface area (TPSA) is 32.3 Å². The molecule has 0 aromatic carbocycles. The van der Waals surface area contributed by atoms with E-state index < -0.39 is 0 Å². The van der Waals surface area contributed by atoms with Crippen LogP contribution in [-0.4, -0.2) is 23.8 Å². The third kappa shape index (κ3) is 0.501. The number of piperidine rings is 1. The van der Waals surface area contributed by atoms with Gasteiger partial charge in [-0.2, -0.15) is 0 Å². The molecule has 1 aliphatic heterocycles. The van der Waals surface area contributed by atoms with E-state index in [1.54, 1.807) is 0 Å². The molecule has 8 heavy (non-hydrogen) atoms. The zero-order valence-corrected chi connectivity index (χ0v) is 4.80. The fraction of sp³-hybridized carbons (Fsp3) is 1.00. The molecule has 0 aromatic heterocycles. The molecule has 1 heterocycles. The number of aliphatic hydroxyl groups is 1. The molecule has 2 fully saturated rings. The molecule has 2 aliphatic rings. The predicted octanol–water partition coefficient (Wildman–Crippen LogP) is -0.271. The Kier molecular flexibility index (Phi) is 0.866. The maximum Gasteiger partial charge on any atom is 0.0696 e. The van der Waals surface area contributed by atoms with Crippen LogP contribution in [0.3, 0.4) is 0 Å². The minimum Gasteiger partial charge on any atom is -0.391 e. The lowest BCUT2D eigenvalue weighted by molar-refractivity contribution is 0.134. The first-order chi connectivity index (χ1) is 3.86. The van der Waals surface area contributed by atoms with Crippen LogP contribution in [0.25, 0.3) is 0 Å². The maximum absolute atomic E-state index is 9.16. The summed E-state index contributed by atoms with van der Waals surface area (Å²) < 4.78 is 0. The van der Waals surface area contributed by atoms with Gasteiger partial charge >= 0.3 is 0 Å². The number of aliphatic hydroxyl groups excluding tert-OH is 1. The number of hydrogen-bond donors (Lipinski definition) is 2. The minimum atomic E-state index is -0.0336. The fourth-order valence-electron chi connectivity index (χ4n) is 1.82. The number of nitrogens with one attached hydrogen (secondary N) is 1. The molecule has 1 saturated carbocycles. The van der Waals surface area contributed by atoms with E-state index in [-0.39, 0.29) is 6.10 Å². The second kappa shape index (κ2) is 1.45. The van der Waals surface area contributed by atoms with Crippen molar-refractivity contribution in [2.24, 2.45) is 5.92 Å². The first kappa shape index (κ1) is 4.77. The van der Waals surface area contributed by atoms with Crippen molar-refractivity contribution < 1.29 is 5.11 Å². The van der Waals surface area contributed by atoms with Crippen LogP contribution >= 0.6 is 0 Å². The maximum atomic E-state index is 9.16. The summed E-state index contributed by atoms with van der Waals surface area (Å²) in [6.45, 7) is 1.14. The van der Waals surface area contributed by atoms with E-state index >= 15 is 0 Å². The molecule has 2 N–H and O–H groups in total. The van der Waals surface area contributed by atoms with Gasteiger partial charge in [-0.15, -0.1) is 0 Å². The van der Waals surface area contributed by atoms with E-state index in [4.69, 9.17) is 5.11 Å². The Labute approximate surface area is 48.9 Å². The quantitative estimate of drug-likeness (QED) is 0.453. The molecule has 0 radical (unpaired) electrons. The van der Waals surface area contributed by atoms with E-state index in [1.165, 1.54) is 6.42 Å². The van der Waals surface area contributed by atoms with Crippen LogP contribution in [0.4, 0.5) is 0 Å². The van der Waals surface area contributed by atoms with Crippen LogP contribution in [0.15, 0.2) is 0 Å². The minimum absolute atomic E-state index is 0.0336. The van der Waals surface area contributed by atoms with Gasteiger partial charge in [-0.3, -0.25) is 0 Å². The van der Waals surface area contributed by atoms with Gasteiger partial charge < -0.3 is 10.4 Å². The Morgan fingerprint density at radius 1 is 1.38 bits per heavy atom. The van der Waals surface area contributed by atoms with E-state index in [0.717, 1.165) is 18.9 Å². The van der Waals surface area contributed by atoms with Crippen molar-refractivity contribution in [3.05, 3.63) is 0 Å². The smallest absolute Gasteiger partial charge is 0.0696 e. The molecule has 2 unspecified atom stereocenters. The second-order valence-corrected chi connectivity index (χ2v) is 2.92. The fourth-order valence-corrected chi connectivity index (χ4v) is 1.82. The summed E-state index contributed by atoms with van der Waals surface area (Å²) in [6, 6.07) is 0.444. The number of rotatable bonds is 0. The van der Waals surface area contributed by atoms with E-state index in [9.17, 15) is 0 Å². The summed E-state index contributed by atoms with van der Waals surface area (Å²) in [7, 11) is 0. The molecule has 3 atom stereocenters. The number of hydrogen-bond acceptors (Lipinski definition) is 2. The number of fused-ring (bicyclic) bond motifs is 2. The van der Waals surface area contributed by atoms with Crippen molar-refractivity contribution in [3.8, 4) is 0 Å².